The van der Waals surface area contributed by atoms with Gasteiger partial charge >= 0.3 is 0 Å². The van der Waals surface area contributed by atoms with E-state index in [9.17, 15) is 0 Å². The van der Waals surface area contributed by atoms with Gasteiger partial charge in [0.2, 0.25) is 11.7 Å². The average Bonchev–Trinajstić information content (AvgIpc) is 3.14. The van der Waals surface area contributed by atoms with Gasteiger partial charge in [0.05, 0.1) is 11.8 Å². The molecule has 0 saturated carbocycles. The maximum absolute atomic E-state index is 5.34. The SMILES string of the molecule is CNC(Cc1nc(-c2cnn(C)c2)no1)c1ccccc1. The van der Waals surface area contributed by atoms with E-state index in [1.54, 1.807) is 10.9 Å². The van der Waals surface area contributed by atoms with Gasteiger partial charge in [0.15, 0.2) is 0 Å². The minimum Gasteiger partial charge on any atom is -0.339 e. The van der Waals surface area contributed by atoms with Gasteiger partial charge in [0.25, 0.3) is 0 Å². The van der Waals surface area contributed by atoms with Crippen molar-refractivity contribution in [2.75, 3.05) is 7.05 Å². The lowest BCUT2D eigenvalue weighted by Gasteiger charge is -2.13. The topological polar surface area (TPSA) is 68.8 Å². The smallest absolute Gasteiger partial charge is 0.228 e. The predicted octanol–water partition coefficient (Wildman–Crippen LogP) is 1.97. The second-order valence-corrected chi connectivity index (χ2v) is 4.87. The Hall–Kier alpha value is -2.47. The Kier molecular flexibility index (Phi) is 3.79. The lowest BCUT2D eigenvalue weighted by molar-refractivity contribution is 0.363. The zero-order valence-electron chi connectivity index (χ0n) is 12.0. The first-order valence-electron chi connectivity index (χ1n) is 6.80. The van der Waals surface area contributed by atoms with Crippen molar-refractivity contribution in [1.82, 2.24) is 25.2 Å². The molecule has 0 spiro atoms. The van der Waals surface area contributed by atoms with E-state index in [0.717, 1.165) is 5.56 Å². The number of nitrogens with one attached hydrogen (secondary N) is 1. The molecular formula is C15H17N5O. The fraction of sp³-hybridized carbons (Fsp3) is 0.267. The molecule has 0 aliphatic heterocycles. The summed E-state index contributed by atoms with van der Waals surface area (Å²) >= 11 is 0. The minimum absolute atomic E-state index is 0.147. The van der Waals surface area contributed by atoms with Gasteiger partial charge < -0.3 is 9.84 Å². The van der Waals surface area contributed by atoms with Crippen molar-refractivity contribution in [3.63, 3.8) is 0 Å². The van der Waals surface area contributed by atoms with Crippen LogP contribution < -0.4 is 5.32 Å². The van der Waals surface area contributed by atoms with Crippen molar-refractivity contribution in [2.24, 2.45) is 7.05 Å². The van der Waals surface area contributed by atoms with Gasteiger partial charge in [-0.2, -0.15) is 10.1 Å². The largest absolute Gasteiger partial charge is 0.339 e. The number of aryl methyl sites for hydroxylation is 1. The molecule has 1 N–H and O–H groups in total. The molecule has 0 saturated heterocycles. The third kappa shape index (κ3) is 3.00. The molecule has 1 aromatic carbocycles. The summed E-state index contributed by atoms with van der Waals surface area (Å²) < 4.78 is 7.06. The molecule has 0 amide bonds. The van der Waals surface area contributed by atoms with Crippen LogP contribution in [0.1, 0.15) is 17.5 Å². The summed E-state index contributed by atoms with van der Waals surface area (Å²) in [5.74, 6) is 1.18. The summed E-state index contributed by atoms with van der Waals surface area (Å²) in [6.45, 7) is 0. The number of nitrogens with zero attached hydrogens (tertiary/aromatic N) is 4. The molecule has 0 aliphatic carbocycles. The number of likely N-dealkylation sites (N-methyl/N-ethyl adjacent to an activating group) is 1. The Labute approximate surface area is 122 Å². The molecule has 0 bridgehead atoms. The van der Waals surface area contributed by atoms with Crippen molar-refractivity contribution in [1.29, 1.82) is 0 Å². The van der Waals surface area contributed by atoms with E-state index in [2.05, 4.69) is 32.7 Å². The fourth-order valence-corrected chi connectivity index (χ4v) is 2.24. The van der Waals surface area contributed by atoms with Gasteiger partial charge in [0.1, 0.15) is 0 Å². The van der Waals surface area contributed by atoms with Crippen LogP contribution in [0.3, 0.4) is 0 Å². The summed E-state index contributed by atoms with van der Waals surface area (Å²) in [7, 11) is 3.78. The average molecular weight is 283 g/mol. The monoisotopic (exact) mass is 283 g/mol. The number of benzene rings is 1. The van der Waals surface area contributed by atoms with Gasteiger partial charge in [-0.25, -0.2) is 0 Å². The Morgan fingerprint density at radius 2 is 2.10 bits per heavy atom. The normalized spacial score (nSPS) is 12.5. The van der Waals surface area contributed by atoms with Crippen LogP contribution in [0, 0.1) is 0 Å². The zero-order valence-corrected chi connectivity index (χ0v) is 12.0. The number of rotatable bonds is 5. The highest BCUT2D eigenvalue weighted by Crippen LogP contribution is 2.19. The number of hydrogen-bond acceptors (Lipinski definition) is 5. The van der Waals surface area contributed by atoms with E-state index in [1.807, 2.05) is 38.5 Å². The molecule has 0 radical (unpaired) electrons. The lowest BCUT2D eigenvalue weighted by Crippen LogP contribution is -2.18. The van der Waals surface area contributed by atoms with Crippen LogP contribution >= 0.6 is 0 Å². The summed E-state index contributed by atoms with van der Waals surface area (Å²) in [5, 5.41) is 11.4. The number of aromatic nitrogens is 4. The van der Waals surface area contributed by atoms with E-state index < -0.39 is 0 Å². The van der Waals surface area contributed by atoms with E-state index in [0.29, 0.717) is 18.1 Å². The van der Waals surface area contributed by atoms with Gasteiger partial charge in [-0.05, 0) is 12.6 Å². The van der Waals surface area contributed by atoms with E-state index in [4.69, 9.17) is 4.52 Å². The van der Waals surface area contributed by atoms with Crippen LogP contribution in [0.4, 0.5) is 0 Å². The third-order valence-electron chi connectivity index (χ3n) is 3.36. The third-order valence-corrected chi connectivity index (χ3v) is 3.36. The van der Waals surface area contributed by atoms with Crippen LogP contribution in [-0.2, 0) is 13.5 Å². The first-order valence-corrected chi connectivity index (χ1v) is 6.80. The maximum atomic E-state index is 5.34. The predicted molar refractivity (Wildman–Crippen MR) is 78.4 cm³/mol. The molecule has 0 fully saturated rings. The van der Waals surface area contributed by atoms with Gasteiger partial charge in [0, 0.05) is 25.7 Å². The van der Waals surface area contributed by atoms with Gasteiger partial charge in [-0.1, -0.05) is 35.5 Å². The molecule has 3 rings (SSSR count). The van der Waals surface area contributed by atoms with Crippen molar-refractivity contribution in [2.45, 2.75) is 12.5 Å². The molecule has 21 heavy (non-hydrogen) atoms. The highest BCUT2D eigenvalue weighted by molar-refractivity contribution is 5.50. The highest BCUT2D eigenvalue weighted by atomic mass is 16.5. The van der Waals surface area contributed by atoms with Crippen molar-refractivity contribution < 1.29 is 4.52 Å². The van der Waals surface area contributed by atoms with E-state index >= 15 is 0 Å². The molecule has 6 heteroatoms. The Balaban J connectivity index is 1.77. The van der Waals surface area contributed by atoms with Crippen molar-refractivity contribution in [3.05, 3.63) is 54.2 Å². The summed E-state index contributed by atoms with van der Waals surface area (Å²) in [5.41, 5.74) is 2.05. The quantitative estimate of drug-likeness (QED) is 0.775. The molecule has 0 aliphatic rings. The first-order chi connectivity index (χ1) is 10.3. The van der Waals surface area contributed by atoms with Crippen LogP contribution in [0.5, 0.6) is 0 Å². The van der Waals surface area contributed by atoms with E-state index in [1.165, 1.54) is 5.56 Å². The number of hydrogen-bond donors (Lipinski definition) is 1. The highest BCUT2D eigenvalue weighted by Gasteiger charge is 2.16. The Bertz CT molecular complexity index is 704. The summed E-state index contributed by atoms with van der Waals surface area (Å²) in [4.78, 5) is 4.44. The van der Waals surface area contributed by atoms with Gasteiger partial charge in [-0.15, -0.1) is 0 Å². The maximum Gasteiger partial charge on any atom is 0.228 e. The Morgan fingerprint density at radius 1 is 1.29 bits per heavy atom. The van der Waals surface area contributed by atoms with Crippen LogP contribution in [0.25, 0.3) is 11.4 Å². The zero-order chi connectivity index (χ0) is 14.7. The van der Waals surface area contributed by atoms with Crippen LogP contribution in [0.15, 0.2) is 47.2 Å². The molecule has 108 valence electrons. The second kappa shape index (κ2) is 5.88. The second-order valence-electron chi connectivity index (χ2n) is 4.87. The summed E-state index contributed by atoms with van der Waals surface area (Å²) in [6.07, 6.45) is 4.23. The van der Waals surface area contributed by atoms with E-state index in [-0.39, 0.29) is 6.04 Å². The lowest BCUT2D eigenvalue weighted by atomic mass is 10.0. The molecule has 6 nitrogen and oxygen atoms in total. The molecule has 2 heterocycles. The van der Waals surface area contributed by atoms with Gasteiger partial charge in [-0.3, -0.25) is 4.68 Å². The molecular weight excluding hydrogens is 266 g/mol. The van der Waals surface area contributed by atoms with Crippen molar-refractivity contribution >= 4 is 0 Å². The van der Waals surface area contributed by atoms with Crippen LogP contribution in [-0.4, -0.2) is 27.0 Å². The Morgan fingerprint density at radius 3 is 2.76 bits per heavy atom. The molecule has 1 atom stereocenters. The molecule has 3 aromatic rings. The standard InChI is InChI=1S/C15H17N5O/c1-16-13(11-6-4-3-5-7-11)8-14-18-15(19-21-14)12-9-17-20(2)10-12/h3-7,9-10,13,16H,8H2,1-2H3. The van der Waals surface area contributed by atoms with Crippen molar-refractivity contribution in [3.8, 4) is 11.4 Å². The minimum atomic E-state index is 0.147. The fourth-order valence-electron chi connectivity index (χ4n) is 2.24. The summed E-state index contributed by atoms with van der Waals surface area (Å²) in [6, 6.07) is 10.4. The van der Waals surface area contributed by atoms with Crippen LogP contribution in [0.2, 0.25) is 0 Å². The molecule has 2 aromatic heterocycles. The molecule has 1 unspecified atom stereocenters. The first kappa shape index (κ1) is 13.5.